The summed E-state index contributed by atoms with van der Waals surface area (Å²) in [5.41, 5.74) is 0.708. The van der Waals surface area contributed by atoms with Crippen LogP contribution in [0.2, 0.25) is 0 Å². The smallest absolute Gasteiger partial charge is 0.411 e. The van der Waals surface area contributed by atoms with Crippen LogP contribution in [0, 0.1) is 23.1 Å². The minimum absolute atomic E-state index is 0.0248. The predicted octanol–water partition coefficient (Wildman–Crippen LogP) is 3.74. The number of carbonyl (C=O) groups is 2. The Morgan fingerprint density at radius 2 is 2.03 bits per heavy atom. The second kappa shape index (κ2) is 10.8. The number of piperidine rings is 2. The van der Waals surface area contributed by atoms with Crippen molar-refractivity contribution < 1.29 is 23.5 Å². The minimum Gasteiger partial charge on any atom is -0.444 e. The second-order valence-corrected chi connectivity index (χ2v) is 12.3. The van der Waals surface area contributed by atoms with Crippen molar-refractivity contribution in [2.24, 2.45) is 5.92 Å². The third-order valence-electron chi connectivity index (χ3n) is 8.57. The van der Waals surface area contributed by atoms with Crippen molar-refractivity contribution in [3.05, 3.63) is 35.1 Å². The van der Waals surface area contributed by atoms with Gasteiger partial charge in [0.05, 0.1) is 19.3 Å². The fourth-order valence-corrected chi connectivity index (χ4v) is 6.76. The Balaban J connectivity index is 1.22. The van der Waals surface area contributed by atoms with Gasteiger partial charge in [-0.2, -0.15) is 5.26 Å². The maximum Gasteiger partial charge on any atom is 0.411 e. The van der Waals surface area contributed by atoms with E-state index in [9.17, 15) is 14.9 Å². The molecule has 4 fully saturated rings. The highest BCUT2D eigenvalue weighted by Crippen LogP contribution is 2.43. The number of fused-ring (bicyclic) bond motifs is 3. The van der Waals surface area contributed by atoms with E-state index in [0.29, 0.717) is 11.6 Å². The predicted molar refractivity (Wildman–Crippen MR) is 139 cm³/mol. The average Bonchev–Trinajstić information content (AvgIpc) is 3.50. The molecule has 1 unspecified atom stereocenters. The zero-order chi connectivity index (χ0) is 27.0. The molecule has 0 spiro atoms. The molecule has 1 aromatic rings. The third-order valence-corrected chi connectivity index (χ3v) is 8.57. The molecular formula is C29H39FN4O4. The lowest BCUT2D eigenvalue weighted by Crippen LogP contribution is -2.55. The number of likely N-dealkylation sites (tertiary alicyclic amines) is 1. The van der Waals surface area contributed by atoms with Gasteiger partial charge in [0.25, 0.3) is 0 Å². The first-order valence-corrected chi connectivity index (χ1v) is 13.9. The van der Waals surface area contributed by atoms with Crippen molar-refractivity contribution in [2.45, 2.75) is 95.0 Å². The number of morpholine rings is 1. The highest BCUT2D eigenvalue weighted by molar-refractivity contribution is 5.87. The zero-order valence-electron chi connectivity index (χ0n) is 22.6. The fourth-order valence-electron chi connectivity index (χ4n) is 6.76. The Hall–Kier alpha value is -2.70. The molecule has 4 aliphatic rings. The maximum atomic E-state index is 15.2. The standard InChI is InChI=1S/C29H39FN4O4/c1-29(2,3)38-28(36)34-23-7-6-21(14-23)26(34)27(35)32-22(16-31)12-20-5-4-18(15-25(20)30)19-8-9-33-10-11-37-17-24(33)13-19/h4-5,15,19,21-24,26H,6-14,17H2,1-3H3,(H,32,35)/t19?,21-,22-,23+,24+,26-/m0/s1. The van der Waals surface area contributed by atoms with Gasteiger partial charge in [-0.1, -0.05) is 12.1 Å². The largest absolute Gasteiger partial charge is 0.444 e. The monoisotopic (exact) mass is 526 g/mol. The van der Waals surface area contributed by atoms with Crippen LogP contribution >= 0.6 is 0 Å². The molecule has 0 radical (unpaired) electrons. The molecule has 2 bridgehead atoms. The van der Waals surface area contributed by atoms with E-state index in [0.717, 1.165) is 64.0 Å². The van der Waals surface area contributed by atoms with E-state index in [4.69, 9.17) is 9.47 Å². The van der Waals surface area contributed by atoms with Crippen LogP contribution in [-0.4, -0.2) is 77.9 Å². The Morgan fingerprint density at radius 3 is 2.76 bits per heavy atom. The number of carbonyl (C=O) groups excluding carboxylic acids is 2. The number of amides is 2. The normalized spacial score (nSPS) is 29.9. The van der Waals surface area contributed by atoms with Crippen LogP contribution in [0.1, 0.15) is 69.9 Å². The lowest BCUT2D eigenvalue weighted by Gasteiger charge is -2.42. The highest BCUT2D eigenvalue weighted by Gasteiger charge is 2.52. The maximum absolute atomic E-state index is 15.2. The molecule has 38 heavy (non-hydrogen) atoms. The van der Waals surface area contributed by atoms with Crippen LogP contribution < -0.4 is 5.32 Å². The molecule has 1 saturated carbocycles. The first-order valence-electron chi connectivity index (χ1n) is 13.9. The third kappa shape index (κ3) is 5.67. The summed E-state index contributed by atoms with van der Waals surface area (Å²) < 4.78 is 26.4. The summed E-state index contributed by atoms with van der Waals surface area (Å²) in [4.78, 5) is 30.2. The van der Waals surface area contributed by atoms with E-state index >= 15 is 4.39 Å². The summed E-state index contributed by atoms with van der Waals surface area (Å²) in [5.74, 6) is -0.392. The van der Waals surface area contributed by atoms with Gasteiger partial charge in [0, 0.05) is 25.0 Å². The number of benzene rings is 1. The summed E-state index contributed by atoms with van der Waals surface area (Å²) in [7, 11) is 0. The van der Waals surface area contributed by atoms with Crippen molar-refractivity contribution in [3.8, 4) is 6.07 Å². The summed E-state index contributed by atoms with van der Waals surface area (Å²) in [6, 6.07) is 6.21. The van der Waals surface area contributed by atoms with Crippen molar-refractivity contribution in [2.75, 3.05) is 26.3 Å². The topological polar surface area (TPSA) is 94.9 Å². The van der Waals surface area contributed by atoms with E-state index in [2.05, 4.69) is 16.3 Å². The quantitative estimate of drug-likeness (QED) is 0.628. The molecule has 8 nitrogen and oxygen atoms in total. The Kier molecular flexibility index (Phi) is 7.65. The van der Waals surface area contributed by atoms with Crippen molar-refractivity contribution in [1.29, 1.82) is 5.26 Å². The SMILES string of the molecule is CC(C)(C)OC(=O)N1[C@@H]2CC[C@@H](C2)[C@H]1C(=O)N[C@H](C#N)Cc1ccc(C2CCN3CCOC[C@H]3C2)cc1F. The van der Waals surface area contributed by atoms with Crippen LogP contribution in [0.3, 0.4) is 0 Å². The molecule has 1 N–H and O–H groups in total. The number of nitrogens with zero attached hydrogens (tertiary/aromatic N) is 3. The van der Waals surface area contributed by atoms with Crippen LogP contribution in [0.5, 0.6) is 0 Å². The molecule has 3 saturated heterocycles. The molecule has 3 aliphatic heterocycles. The van der Waals surface area contributed by atoms with Crippen molar-refractivity contribution in [3.63, 3.8) is 0 Å². The molecule has 9 heteroatoms. The van der Waals surface area contributed by atoms with E-state index in [1.807, 2.05) is 6.07 Å². The first kappa shape index (κ1) is 26.9. The number of halogens is 1. The van der Waals surface area contributed by atoms with Crippen molar-refractivity contribution >= 4 is 12.0 Å². The minimum atomic E-state index is -0.898. The summed E-state index contributed by atoms with van der Waals surface area (Å²) in [6.07, 6.45) is 3.98. The van der Waals surface area contributed by atoms with Crippen molar-refractivity contribution in [1.82, 2.24) is 15.1 Å². The van der Waals surface area contributed by atoms with E-state index < -0.39 is 23.8 Å². The van der Waals surface area contributed by atoms with Gasteiger partial charge in [-0.25, -0.2) is 9.18 Å². The van der Waals surface area contributed by atoms with Gasteiger partial charge in [-0.3, -0.25) is 14.6 Å². The second-order valence-electron chi connectivity index (χ2n) is 12.3. The van der Waals surface area contributed by atoms with Gasteiger partial charge < -0.3 is 14.8 Å². The molecule has 2 amide bonds. The average molecular weight is 527 g/mol. The van der Waals surface area contributed by atoms with Gasteiger partial charge in [-0.05, 0) is 88.4 Å². The van der Waals surface area contributed by atoms with Crippen LogP contribution in [0.15, 0.2) is 18.2 Å². The number of nitriles is 1. The van der Waals surface area contributed by atoms with Gasteiger partial charge in [0.1, 0.15) is 23.5 Å². The molecular weight excluding hydrogens is 487 g/mol. The molecule has 1 aliphatic carbocycles. The van der Waals surface area contributed by atoms with E-state index in [-0.39, 0.29) is 36.0 Å². The lowest BCUT2D eigenvalue weighted by molar-refractivity contribution is -0.128. The first-order chi connectivity index (χ1) is 18.1. The number of nitrogens with one attached hydrogen (secondary N) is 1. The summed E-state index contributed by atoms with van der Waals surface area (Å²) in [6.45, 7) is 8.86. The number of hydrogen-bond acceptors (Lipinski definition) is 6. The van der Waals surface area contributed by atoms with Gasteiger partial charge >= 0.3 is 6.09 Å². The Morgan fingerprint density at radius 1 is 1.21 bits per heavy atom. The zero-order valence-corrected chi connectivity index (χ0v) is 22.6. The molecule has 0 aromatic heterocycles. The molecule has 6 atom stereocenters. The molecule has 3 heterocycles. The molecule has 206 valence electrons. The molecule has 1 aromatic carbocycles. The van der Waals surface area contributed by atoms with Gasteiger partial charge in [0.15, 0.2) is 0 Å². The number of rotatable bonds is 5. The summed E-state index contributed by atoms with van der Waals surface area (Å²) in [5, 5.41) is 12.6. The van der Waals surface area contributed by atoms with Crippen LogP contribution in [-0.2, 0) is 20.7 Å². The highest BCUT2D eigenvalue weighted by atomic mass is 19.1. The number of ether oxygens (including phenoxy) is 2. The Bertz CT molecular complexity index is 1100. The summed E-state index contributed by atoms with van der Waals surface area (Å²) >= 11 is 0. The molecule has 5 rings (SSSR count). The fraction of sp³-hybridized carbons (Fsp3) is 0.690. The van der Waals surface area contributed by atoms with Gasteiger partial charge in [0.2, 0.25) is 5.91 Å². The van der Waals surface area contributed by atoms with E-state index in [1.165, 1.54) is 0 Å². The van der Waals surface area contributed by atoms with E-state index in [1.54, 1.807) is 37.8 Å². The van der Waals surface area contributed by atoms with Crippen LogP contribution in [0.4, 0.5) is 9.18 Å². The lowest BCUT2D eigenvalue weighted by atomic mass is 9.84. The van der Waals surface area contributed by atoms with Gasteiger partial charge in [-0.15, -0.1) is 0 Å². The Labute approximate surface area is 224 Å². The van der Waals surface area contributed by atoms with Crippen LogP contribution in [0.25, 0.3) is 0 Å². The number of hydrogen-bond donors (Lipinski definition) is 1.